The van der Waals surface area contributed by atoms with Crippen molar-refractivity contribution in [2.75, 3.05) is 13.7 Å². The summed E-state index contributed by atoms with van der Waals surface area (Å²) < 4.78 is 4.90. The molecule has 1 N–H and O–H groups in total. The minimum atomic E-state index is -0.744. The van der Waals surface area contributed by atoms with Gasteiger partial charge in [-0.25, -0.2) is 4.79 Å². The summed E-state index contributed by atoms with van der Waals surface area (Å²) in [5.41, 5.74) is 2.88. The van der Waals surface area contributed by atoms with Gasteiger partial charge in [-0.2, -0.15) is 0 Å². The van der Waals surface area contributed by atoms with Gasteiger partial charge in [0.2, 0.25) is 11.8 Å². The van der Waals surface area contributed by atoms with Crippen LogP contribution in [0.15, 0.2) is 54.6 Å². The number of ether oxygens (including phenoxy) is 1. The molecule has 2 amide bonds. The molecule has 2 aromatic carbocycles. The lowest BCUT2D eigenvalue weighted by Crippen LogP contribution is -2.52. The highest BCUT2D eigenvalue weighted by molar-refractivity contribution is 8.14. The van der Waals surface area contributed by atoms with Crippen molar-refractivity contribution in [2.24, 2.45) is 0 Å². The Balaban J connectivity index is 1.68. The first-order valence-electron chi connectivity index (χ1n) is 10.3. The number of thioether (sulfide) groups is 1. The molecule has 0 unspecified atom stereocenters. The zero-order valence-corrected chi connectivity index (χ0v) is 18.9. The Labute approximate surface area is 191 Å². The molecule has 3 rings (SSSR count). The number of hydrogen-bond donors (Lipinski definition) is 1. The van der Waals surface area contributed by atoms with E-state index < -0.39 is 23.2 Å². The van der Waals surface area contributed by atoms with Crippen LogP contribution >= 0.6 is 11.8 Å². The number of rotatable bonds is 7. The van der Waals surface area contributed by atoms with E-state index in [4.69, 9.17) is 4.74 Å². The Hall–Kier alpha value is -3.13. The number of carbonyl (C=O) groups excluding carboxylic acids is 4. The topological polar surface area (TPSA) is 92.8 Å². The summed E-state index contributed by atoms with van der Waals surface area (Å²) in [5, 5.41) is 1.82. The van der Waals surface area contributed by atoms with Crippen LogP contribution in [-0.2, 0) is 43.3 Å². The summed E-state index contributed by atoms with van der Waals surface area (Å²) in [4.78, 5) is 51.2. The van der Waals surface area contributed by atoms with Crippen LogP contribution in [0, 0.1) is 0 Å². The lowest BCUT2D eigenvalue weighted by Gasteiger charge is -2.35. The van der Waals surface area contributed by atoms with Crippen molar-refractivity contribution < 1.29 is 23.9 Å². The fourth-order valence-electron chi connectivity index (χ4n) is 3.73. The maximum absolute atomic E-state index is 13.0. The normalized spacial score (nSPS) is 15.9. The Bertz CT molecular complexity index is 995. The van der Waals surface area contributed by atoms with Crippen LogP contribution in [0.25, 0.3) is 0 Å². The molecule has 0 radical (unpaired) electrons. The van der Waals surface area contributed by atoms with E-state index in [1.165, 1.54) is 18.9 Å². The molecule has 0 spiro atoms. The molecule has 1 aliphatic rings. The van der Waals surface area contributed by atoms with Crippen LogP contribution in [0.2, 0.25) is 0 Å². The van der Waals surface area contributed by atoms with Gasteiger partial charge in [0.05, 0.1) is 18.9 Å². The minimum Gasteiger partial charge on any atom is -0.467 e. The van der Waals surface area contributed by atoms with Crippen LogP contribution in [0.5, 0.6) is 0 Å². The number of esters is 1. The summed E-state index contributed by atoms with van der Waals surface area (Å²) in [6.07, 6.45) is 0.729. The highest BCUT2D eigenvalue weighted by Gasteiger charge is 2.35. The molecule has 2 aromatic rings. The maximum atomic E-state index is 13.0. The number of nitrogens with zero attached hydrogens (tertiary/aromatic N) is 1. The van der Waals surface area contributed by atoms with Gasteiger partial charge >= 0.3 is 5.97 Å². The Morgan fingerprint density at radius 1 is 1.06 bits per heavy atom. The van der Waals surface area contributed by atoms with E-state index >= 15 is 0 Å². The molecule has 168 valence electrons. The van der Waals surface area contributed by atoms with Crippen LogP contribution in [0.1, 0.15) is 23.6 Å². The predicted octanol–water partition coefficient (Wildman–Crippen LogP) is 2.12. The van der Waals surface area contributed by atoms with Crippen molar-refractivity contribution in [2.45, 2.75) is 37.6 Å². The molecule has 0 aliphatic carbocycles. The van der Waals surface area contributed by atoms with Crippen molar-refractivity contribution in [3.05, 3.63) is 71.3 Å². The van der Waals surface area contributed by atoms with Gasteiger partial charge in [0.25, 0.3) is 0 Å². The maximum Gasteiger partial charge on any atom is 0.328 e. The lowest BCUT2D eigenvalue weighted by atomic mass is 9.94. The van der Waals surface area contributed by atoms with Crippen molar-refractivity contribution in [1.82, 2.24) is 10.2 Å². The lowest BCUT2D eigenvalue weighted by molar-refractivity contribution is -0.153. The zero-order valence-electron chi connectivity index (χ0n) is 18.1. The standard InChI is InChI=1S/C24H26N2O5S/c1-16(27)32-21(12-17-8-4-3-5-9-17)23(29)25-14-22(28)26-15-19-11-7-6-10-18(19)13-20(26)24(30)31-2/h3-11,20-21H,12-15H2,1-2H3,(H,25,29)/t20-,21-/m0/s1. The van der Waals surface area contributed by atoms with Gasteiger partial charge in [-0.1, -0.05) is 66.4 Å². The molecule has 2 atom stereocenters. The molecule has 1 heterocycles. The zero-order chi connectivity index (χ0) is 23.1. The molecule has 0 bridgehead atoms. The molecular weight excluding hydrogens is 428 g/mol. The summed E-state index contributed by atoms with van der Waals surface area (Å²) in [5.74, 6) is -1.27. The second kappa shape index (κ2) is 10.9. The van der Waals surface area contributed by atoms with E-state index in [0.29, 0.717) is 12.8 Å². The predicted molar refractivity (Wildman–Crippen MR) is 122 cm³/mol. The number of benzene rings is 2. The smallest absolute Gasteiger partial charge is 0.328 e. The van der Waals surface area contributed by atoms with E-state index in [1.54, 1.807) is 0 Å². The molecule has 0 aromatic heterocycles. The van der Waals surface area contributed by atoms with Crippen molar-refractivity contribution in [3.63, 3.8) is 0 Å². The summed E-state index contributed by atoms with van der Waals surface area (Å²) in [7, 11) is 1.29. The average molecular weight is 455 g/mol. The molecule has 0 saturated carbocycles. The van der Waals surface area contributed by atoms with E-state index in [9.17, 15) is 19.2 Å². The molecule has 1 aliphatic heterocycles. The molecule has 0 fully saturated rings. The third kappa shape index (κ3) is 5.97. The molecule has 8 heteroatoms. The van der Waals surface area contributed by atoms with Gasteiger partial charge < -0.3 is 15.0 Å². The summed E-state index contributed by atoms with van der Waals surface area (Å²) in [6.45, 7) is 1.41. The summed E-state index contributed by atoms with van der Waals surface area (Å²) in [6, 6.07) is 16.3. The second-order valence-electron chi connectivity index (χ2n) is 7.54. The van der Waals surface area contributed by atoms with Crippen LogP contribution in [0.3, 0.4) is 0 Å². The Kier molecular flexibility index (Phi) is 8.05. The van der Waals surface area contributed by atoms with E-state index in [0.717, 1.165) is 28.5 Å². The molecular formula is C24H26N2O5S. The fourth-order valence-corrected chi connectivity index (χ4v) is 4.59. The summed E-state index contributed by atoms with van der Waals surface area (Å²) >= 11 is 0.940. The van der Waals surface area contributed by atoms with Gasteiger partial charge in [-0.15, -0.1) is 0 Å². The molecule has 32 heavy (non-hydrogen) atoms. The number of methoxy groups -OCH3 is 1. The molecule has 7 nitrogen and oxygen atoms in total. The Morgan fingerprint density at radius 3 is 2.38 bits per heavy atom. The molecule has 0 saturated heterocycles. The number of carbonyl (C=O) groups is 4. The third-order valence-electron chi connectivity index (χ3n) is 5.32. The first-order valence-corrected chi connectivity index (χ1v) is 11.2. The first kappa shape index (κ1) is 23.5. The first-order chi connectivity index (χ1) is 15.4. The number of nitrogens with one attached hydrogen (secondary N) is 1. The highest BCUT2D eigenvalue weighted by atomic mass is 32.2. The van der Waals surface area contributed by atoms with Gasteiger partial charge in [-0.3, -0.25) is 14.4 Å². The van der Waals surface area contributed by atoms with Crippen molar-refractivity contribution in [1.29, 1.82) is 0 Å². The average Bonchev–Trinajstić information content (AvgIpc) is 2.80. The van der Waals surface area contributed by atoms with Crippen molar-refractivity contribution >= 4 is 34.7 Å². The quantitative estimate of drug-likeness (QED) is 0.645. The third-order valence-corrected chi connectivity index (χ3v) is 6.32. The van der Waals surface area contributed by atoms with E-state index in [2.05, 4.69) is 5.32 Å². The number of fused-ring (bicyclic) bond motifs is 1. The minimum absolute atomic E-state index is 0.175. The second-order valence-corrected chi connectivity index (χ2v) is 8.92. The fraction of sp³-hybridized carbons (Fsp3) is 0.333. The van der Waals surface area contributed by atoms with Crippen LogP contribution in [0.4, 0.5) is 0 Å². The van der Waals surface area contributed by atoms with E-state index in [-0.39, 0.29) is 24.1 Å². The van der Waals surface area contributed by atoms with Gasteiger partial charge in [0.1, 0.15) is 6.04 Å². The van der Waals surface area contributed by atoms with Crippen LogP contribution in [-0.4, -0.2) is 52.7 Å². The van der Waals surface area contributed by atoms with Gasteiger partial charge in [-0.05, 0) is 23.1 Å². The van der Waals surface area contributed by atoms with Crippen LogP contribution < -0.4 is 5.32 Å². The monoisotopic (exact) mass is 454 g/mol. The van der Waals surface area contributed by atoms with E-state index in [1.807, 2.05) is 54.6 Å². The SMILES string of the molecule is COC(=O)[C@@H]1Cc2ccccc2CN1C(=O)CNC(=O)[C@H](Cc1ccccc1)SC(C)=O. The van der Waals surface area contributed by atoms with Gasteiger partial charge in [0.15, 0.2) is 5.12 Å². The van der Waals surface area contributed by atoms with Crippen molar-refractivity contribution in [3.8, 4) is 0 Å². The highest BCUT2D eigenvalue weighted by Crippen LogP contribution is 2.24. The number of hydrogen-bond acceptors (Lipinski definition) is 6. The Morgan fingerprint density at radius 2 is 1.72 bits per heavy atom. The number of amides is 2. The van der Waals surface area contributed by atoms with Gasteiger partial charge in [0, 0.05) is 19.9 Å². The largest absolute Gasteiger partial charge is 0.467 e.